The smallest absolute Gasteiger partial charge is 0.335 e. The fourth-order valence-corrected chi connectivity index (χ4v) is 2.90. The van der Waals surface area contributed by atoms with Crippen LogP contribution in [0.25, 0.3) is 22.0 Å². The van der Waals surface area contributed by atoms with E-state index in [2.05, 4.69) is 15.3 Å². The van der Waals surface area contributed by atoms with Crippen molar-refractivity contribution in [3.63, 3.8) is 0 Å². The first-order valence-corrected chi connectivity index (χ1v) is 7.89. The molecule has 2 aromatic heterocycles. The van der Waals surface area contributed by atoms with Crippen molar-refractivity contribution in [3.8, 4) is 0 Å². The molecule has 2 N–H and O–H groups in total. The minimum Gasteiger partial charge on any atom is -0.478 e. The van der Waals surface area contributed by atoms with Gasteiger partial charge >= 0.3 is 5.97 Å². The Labute approximate surface area is 147 Å². The highest BCUT2D eigenvalue weighted by Gasteiger charge is 2.13. The summed E-state index contributed by atoms with van der Waals surface area (Å²) in [5, 5.41) is 13.5. The van der Waals surface area contributed by atoms with Crippen LogP contribution in [-0.4, -0.2) is 21.0 Å². The van der Waals surface area contributed by atoms with Crippen molar-refractivity contribution in [1.82, 2.24) is 9.97 Å². The van der Waals surface area contributed by atoms with Crippen LogP contribution in [0.1, 0.15) is 15.9 Å². The summed E-state index contributed by atoms with van der Waals surface area (Å²) >= 11 is 6.27. The Bertz CT molecular complexity index is 1110. The van der Waals surface area contributed by atoms with Gasteiger partial charge in [-0.2, -0.15) is 4.98 Å². The Hall–Kier alpha value is -3.12. The summed E-state index contributed by atoms with van der Waals surface area (Å²) < 4.78 is 5.78. The highest BCUT2D eigenvalue weighted by atomic mass is 35.5. The van der Waals surface area contributed by atoms with E-state index in [0.29, 0.717) is 34.2 Å². The molecule has 124 valence electrons. The number of aromatic nitrogens is 2. The number of pyridine rings is 1. The predicted octanol–water partition coefficient (Wildman–Crippen LogP) is 4.34. The number of hydrogen-bond donors (Lipinski definition) is 2. The van der Waals surface area contributed by atoms with Crippen molar-refractivity contribution < 1.29 is 14.3 Å². The molecular weight excluding hydrogens is 342 g/mol. The molecule has 0 atom stereocenters. The Morgan fingerprint density at radius 3 is 2.96 bits per heavy atom. The third-order valence-corrected chi connectivity index (χ3v) is 4.13. The van der Waals surface area contributed by atoms with Crippen LogP contribution in [0.2, 0.25) is 5.02 Å². The molecule has 0 saturated carbocycles. The van der Waals surface area contributed by atoms with Gasteiger partial charge in [-0.3, -0.25) is 4.98 Å². The number of benzene rings is 2. The summed E-state index contributed by atoms with van der Waals surface area (Å²) in [7, 11) is 0. The number of fused-ring (bicyclic) bond motifs is 3. The van der Waals surface area contributed by atoms with Crippen molar-refractivity contribution in [2.24, 2.45) is 0 Å². The summed E-state index contributed by atoms with van der Waals surface area (Å²) in [6.07, 6.45) is 1.67. The third kappa shape index (κ3) is 2.88. The number of oxazole rings is 1. The molecule has 0 aliphatic carbocycles. The fourth-order valence-electron chi connectivity index (χ4n) is 2.64. The summed E-state index contributed by atoms with van der Waals surface area (Å²) in [4.78, 5) is 19.7. The average molecular weight is 354 g/mol. The summed E-state index contributed by atoms with van der Waals surface area (Å²) in [5.74, 6) is -0.962. The minimum atomic E-state index is -0.962. The molecule has 0 aliphatic heterocycles. The number of carbonyl (C=O) groups is 1. The molecule has 4 aromatic rings. The Kier molecular flexibility index (Phi) is 3.74. The Morgan fingerprint density at radius 1 is 1.24 bits per heavy atom. The zero-order valence-corrected chi connectivity index (χ0v) is 13.6. The van der Waals surface area contributed by atoms with Crippen LogP contribution in [0, 0.1) is 0 Å². The van der Waals surface area contributed by atoms with Gasteiger partial charge in [-0.15, -0.1) is 0 Å². The summed E-state index contributed by atoms with van der Waals surface area (Å²) in [5.41, 5.74) is 2.86. The maximum absolute atomic E-state index is 11.0. The van der Waals surface area contributed by atoms with Crippen molar-refractivity contribution in [1.29, 1.82) is 0 Å². The zero-order chi connectivity index (χ0) is 17.4. The van der Waals surface area contributed by atoms with Crippen LogP contribution < -0.4 is 5.32 Å². The molecule has 0 bridgehead atoms. The van der Waals surface area contributed by atoms with Crippen LogP contribution in [0.5, 0.6) is 0 Å². The van der Waals surface area contributed by atoms with Gasteiger partial charge in [0.15, 0.2) is 5.58 Å². The van der Waals surface area contributed by atoms with Gasteiger partial charge in [0.2, 0.25) is 0 Å². The largest absolute Gasteiger partial charge is 0.478 e. The van der Waals surface area contributed by atoms with Crippen molar-refractivity contribution in [2.75, 3.05) is 5.32 Å². The van der Waals surface area contributed by atoms with Gasteiger partial charge in [-0.05, 0) is 35.9 Å². The zero-order valence-electron chi connectivity index (χ0n) is 12.9. The van der Waals surface area contributed by atoms with E-state index in [0.717, 1.165) is 10.9 Å². The number of halogens is 1. The lowest BCUT2D eigenvalue weighted by Crippen LogP contribution is -2.02. The standard InChI is InChI=1S/C18H12ClN3O3/c19-13-8-14-16(15-12(13)5-2-6-20-15)25-18(22-14)21-9-10-3-1-4-11(7-10)17(23)24/h1-8H,9H2,(H,21,22)(H,23,24). The summed E-state index contributed by atoms with van der Waals surface area (Å²) in [6, 6.07) is 12.4. The number of nitrogens with one attached hydrogen (secondary N) is 1. The maximum atomic E-state index is 11.0. The molecule has 0 radical (unpaired) electrons. The first-order chi connectivity index (χ1) is 12.1. The van der Waals surface area contributed by atoms with E-state index < -0.39 is 5.97 Å². The molecule has 6 nitrogen and oxygen atoms in total. The van der Waals surface area contributed by atoms with Gasteiger partial charge < -0.3 is 14.8 Å². The van der Waals surface area contributed by atoms with Crippen LogP contribution in [-0.2, 0) is 6.54 Å². The van der Waals surface area contributed by atoms with Crippen LogP contribution in [0.3, 0.4) is 0 Å². The first kappa shape index (κ1) is 15.4. The fraction of sp³-hybridized carbons (Fsp3) is 0.0556. The third-order valence-electron chi connectivity index (χ3n) is 3.81. The topological polar surface area (TPSA) is 88.2 Å². The molecule has 0 aliphatic rings. The monoisotopic (exact) mass is 353 g/mol. The lowest BCUT2D eigenvalue weighted by atomic mass is 10.1. The number of nitrogens with zero attached hydrogens (tertiary/aromatic N) is 2. The molecule has 2 aromatic carbocycles. The summed E-state index contributed by atoms with van der Waals surface area (Å²) in [6.45, 7) is 0.382. The number of carboxylic acids is 1. The van der Waals surface area contributed by atoms with Gasteiger partial charge in [-0.1, -0.05) is 23.7 Å². The quantitative estimate of drug-likeness (QED) is 0.567. The molecule has 4 rings (SSSR count). The van der Waals surface area contributed by atoms with Crippen molar-refractivity contribution in [2.45, 2.75) is 6.54 Å². The second kappa shape index (κ2) is 6.07. The molecule has 25 heavy (non-hydrogen) atoms. The molecule has 0 unspecified atom stereocenters. The normalized spacial score (nSPS) is 11.1. The molecular formula is C18H12ClN3O3. The van der Waals surface area contributed by atoms with E-state index in [-0.39, 0.29) is 5.56 Å². The molecule has 0 spiro atoms. The van der Waals surface area contributed by atoms with E-state index in [9.17, 15) is 4.79 Å². The van der Waals surface area contributed by atoms with E-state index >= 15 is 0 Å². The van der Waals surface area contributed by atoms with Gasteiger partial charge in [0.05, 0.1) is 10.6 Å². The van der Waals surface area contributed by atoms with Crippen molar-refractivity contribution >= 4 is 45.6 Å². The maximum Gasteiger partial charge on any atom is 0.335 e. The molecule has 2 heterocycles. The van der Waals surface area contributed by atoms with E-state index in [1.54, 1.807) is 30.5 Å². The van der Waals surface area contributed by atoms with Gasteiger partial charge in [0.25, 0.3) is 6.01 Å². The lowest BCUT2D eigenvalue weighted by Gasteiger charge is -2.03. The Balaban J connectivity index is 1.65. The number of hydrogen-bond acceptors (Lipinski definition) is 5. The molecule has 7 heteroatoms. The van der Waals surface area contributed by atoms with Crippen LogP contribution in [0.15, 0.2) is 53.1 Å². The predicted molar refractivity (Wildman–Crippen MR) is 95.0 cm³/mol. The van der Waals surface area contributed by atoms with Crippen LogP contribution >= 0.6 is 11.6 Å². The average Bonchev–Trinajstić information content (AvgIpc) is 3.03. The van der Waals surface area contributed by atoms with E-state index in [1.165, 1.54) is 0 Å². The van der Waals surface area contributed by atoms with Gasteiger partial charge in [0, 0.05) is 18.1 Å². The molecule has 0 amide bonds. The van der Waals surface area contributed by atoms with E-state index in [1.807, 2.05) is 18.2 Å². The highest BCUT2D eigenvalue weighted by Crippen LogP contribution is 2.31. The highest BCUT2D eigenvalue weighted by molar-refractivity contribution is 6.36. The lowest BCUT2D eigenvalue weighted by molar-refractivity contribution is 0.0697. The second-order valence-corrected chi connectivity index (χ2v) is 5.89. The van der Waals surface area contributed by atoms with Gasteiger partial charge in [-0.25, -0.2) is 4.79 Å². The first-order valence-electron chi connectivity index (χ1n) is 7.52. The number of anilines is 1. The number of carboxylic acid groups (broad SMARTS) is 1. The van der Waals surface area contributed by atoms with Gasteiger partial charge in [0.1, 0.15) is 11.0 Å². The van der Waals surface area contributed by atoms with E-state index in [4.69, 9.17) is 21.1 Å². The SMILES string of the molecule is O=C(O)c1cccc(CNc2nc3cc(Cl)c4cccnc4c3o2)c1. The second-order valence-electron chi connectivity index (χ2n) is 5.48. The molecule has 0 saturated heterocycles. The number of aromatic carboxylic acids is 1. The number of rotatable bonds is 4. The van der Waals surface area contributed by atoms with Crippen LogP contribution in [0.4, 0.5) is 6.01 Å². The minimum absolute atomic E-state index is 0.235. The van der Waals surface area contributed by atoms with Crippen molar-refractivity contribution in [3.05, 3.63) is 64.8 Å². The molecule has 0 fully saturated rings. The Morgan fingerprint density at radius 2 is 2.12 bits per heavy atom.